The van der Waals surface area contributed by atoms with Gasteiger partial charge in [-0.25, -0.2) is 0 Å². The van der Waals surface area contributed by atoms with Crippen molar-refractivity contribution in [2.75, 3.05) is 52.4 Å². The van der Waals surface area contributed by atoms with Gasteiger partial charge in [-0.3, -0.25) is 0 Å². The maximum Gasteiger partial charge on any atom is 0 e. The average Bonchev–Trinajstić information content (AvgIpc) is 2.66. The van der Waals surface area contributed by atoms with Gasteiger partial charge in [0.1, 0.15) is 0 Å². The van der Waals surface area contributed by atoms with Crippen molar-refractivity contribution in [3.63, 3.8) is 0 Å². The van der Waals surface area contributed by atoms with Crippen LogP contribution in [0.2, 0.25) is 0 Å². The third kappa shape index (κ3) is 12.3. The Labute approximate surface area is 178 Å². The Bertz CT molecular complexity index is 331. The van der Waals surface area contributed by atoms with E-state index in [0.29, 0.717) is 18.1 Å². The molecule has 0 radical (unpaired) electrons. The molecule has 6 nitrogen and oxygen atoms in total. The number of nitrogens with zero attached hydrogens (tertiary/aromatic N) is 5. The van der Waals surface area contributed by atoms with Crippen molar-refractivity contribution in [1.29, 1.82) is 0 Å². The minimum Gasteiger partial charge on any atom is 0 e. The van der Waals surface area contributed by atoms with Crippen LogP contribution in [-0.4, -0.2) is 70.5 Å². The molecule has 1 aliphatic heterocycles. The number of rotatable bonds is 3. The van der Waals surface area contributed by atoms with Gasteiger partial charge in [0, 0.05) is 4.28 Å². The van der Waals surface area contributed by atoms with Crippen molar-refractivity contribution in [2.24, 2.45) is 5.73 Å². The Hall–Kier alpha value is 0.859. The van der Waals surface area contributed by atoms with E-state index >= 15 is 0 Å². The van der Waals surface area contributed by atoms with Crippen molar-refractivity contribution in [1.82, 2.24) is 0 Å². The van der Waals surface area contributed by atoms with Gasteiger partial charge in [0.05, 0.1) is 0 Å². The SMILES string of the molecule is NCCC[C@H]1C[N-][C@@H]2CCCC[C@H]2[N-]CC[N-]CC[N-]CC[N-]1.[Cl][Mn][Cl].[HH].[HH].[HH]. The molecular formula is C17H39Cl2MnN6-5. The van der Waals surface area contributed by atoms with Crippen LogP contribution in [0.15, 0.2) is 0 Å². The normalized spacial score (nSPS) is 29.4. The predicted octanol–water partition coefficient (Wildman–Crippen LogP) is 5.40. The molecular weight excluding hydrogens is 414 g/mol. The zero-order chi connectivity index (χ0) is 18.9. The molecule has 9 heteroatoms. The zero-order valence-electron chi connectivity index (χ0n) is 15.6. The third-order valence-electron chi connectivity index (χ3n) is 4.67. The Balaban J connectivity index is -0.00000106. The molecule has 0 aromatic heterocycles. The first-order valence-electron chi connectivity index (χ1n) is 9.65. The number of nitrogens with two attached hydrogens (primary N) is 1. The number of hydrogen-bond acceptors (Lipinski definition) is 1. The maximum absolute atomic E-state index is 5.66. The fourth-order valence-corrected chi connectivity index (χ4v) is 3.34. The van der Waals surface area contributed by atoms with Crippen LogP contribution in [0.25, 0.3) is 26.6 Å². The summed E-state index contributed by atoms with van der Waals surface area (Å²) < 4.78 is 0. The van der Waals surface area contributed by atoms with Gasteiger partial charge >= 0.3 is 33.3 Å². The van der Waals surface area contributed by atoms with E-state index in [1.165, 1.54) is 25.7 Å². The maximum atomic E-state index is 5.66. The molecule has 0 unspecified atom stereocenters. The van der Waals surface area contributed by atoms with Crippen LogP contribution in [0, 0.1) is 0 Å². The smallest absolute Gasteiger partial charge is 0 e. The molecule has 2 N–H and O–H groups in total. The van der Waals surface area contributed by atoms with Crippen molar-refractivity contribution in [3.8, 4) is 0 Å². The van der Waals surface area contributed by atoms with E-state index in [1.54, 1.807) is 0 Å². The fraction of sp³-hybridized carbons (Fsp3) is 1.00. The van der Waals surface area contributed by atoms with E-state index in [1.807, 2.05) is 0 Å². The summed E-state index contributed by atoms with van der Waals surface area (Å²) in [5, 5.41) is 23.7. The van der Waals surface area contributed by atoms with Gasteiger partial charge in [0.25, 0.3) is 0 Å². The van der Waals surface area contributed by atoms with Crippen LogP contribution < -0.4 is 5.73 Å². The molecule has 0 aromatic carbocycles. The minimum atomic E-state index is 0. The van der Waals surface area contributed by atoms with Gasteiger partial charge < -0.3 is 32.3 Å². The molecule has 1 saturated carbocycles. The summed E-state index contributed by atoms with van der Waals surface area (Å²) >= 11 is 0.00694. The van der Waals surface area contributed by atoms with Crippen LogP contribution >= 0.6 is 20.2 Å². The first-order chi connectivity index (χ1) is 12.8. The topological polar surface area (TPSA) is 96.5 Å². The van der Waals surface area contributed by atoms with E-state index in [4.69, 9.17) is 41.9 Å². The summed E-state index contributed by atoms with van der Waals surface area (Å²) in [7, 11) is 9.59. The molecule has 2 rings (SSSR count). The Morgan fingerprint density at radius 1 is 0.846 bits per heavy atom. The van der Waals surface area contributed by atoms with Crippen LogP contribution in [0.5, 0.6) is 0 Å². The molecule has 1 saturated heterocycles. The number of hydrogen-bond donors (Lipinski definition) is 1. The van der Waals surface area contributed by atoms with Crippen LogP contribution in [0.4, 0.5) is 0 Å². The van der Waals surface area contributed by atoms with Crippen molar-refractivity contribution in [3.05, 3.63) is 26.6 Å². The van der Waals surface area contributed by atoms with E-state index in [0.717, 1.165) is 65.2 Å². The van der Waals surface area contributed by atoms with Gasteiger partial charge in [-0.2, -0.15) is 63.9 Å². The van der Waals surface area contributed by atoms with E-state index in [2.05, 4.69) is 10.6 Å². The molecule has 1 heterocycles. The summed E-state index contributed by atoms with van der Waals surface area (Å²) in [5.74, 6) is 0. The molecule has 0 spiro atoms. The second kappa shape index (κ2) is 17.9. The molecule has 26 heavy (non-hydrogen) atoms. The summed E-state index contributed by atoms with van der Waals surface area (Å²) in [4.78, 5) is 0. The number of fused-ring (bicyclic) bond motifs is 1. The van der Waals surface area contributed by atoms with Gasteiger partial charge in [-0.1, -0.05) is 32.1 Å². The van der Waals surface area contributed by atoms with Gasteiger partial charge in [-0.05, 0) is 13.0 Å². The van der Waals surface area contributed by atoms with Crippen LogP contribution in [0.1, 0.15) is 42.8 Å². The summed E-state index contributed by atoms with van der Waals surface area (Å²) in [6.45, 7) is 6.51. The molecule has 0 bridgehead atoms. The molecule has 0 amide bonds. The van der Waals surface area contributed by atoms with Crippen molar-refractivity contribution in [2.45, 2.75) is 56.7 Å². The monoisotopic (exact) mass is 452 g/mol. The summed E-state index contributed by atoms with van der Waals surface area (Å²) in [6, 6.07) is 1.12. The standard InChI is InChI=1S/C17H33N6.2ClH.Mn.3H2/c18-7-3-4-15-14-23-17-6-2-1-5-16(17)22-13-11-20-9-8-19-10-12-21-15;;;;;;/h15-17H,1-14,18H2;2*1H;;3*1H/q-5;;;+2;;;/p-2/t15-,16+,17+;;;;;;/m0....../s1. The van der Waals surface area contributed by atoms with Gasteiger partial charge in [0.2, 0.25) is 0 Å². The first kappa shape index (κ1) is 24.9. The largest absolute Gasteiger partial charge is 0 e. The number of halogens is 2. The van der Waals surface area contributed by atoms with Gasteiger partial charge in [-0.15, -0.1) is 0 Å². The molecule has 163 valence electrons. The zero-order valence-corrected chi connectivity index (χ0v) is 18.3. The average molecular weight is 453 g/mol. The second-order valence-electron chi connectivity index (χ2n) is 6.58. The molecule has 0 aromatic rings. The van der Waals surface area contributed by atoms with E-state index in [-0.39, 0.29) is 17.4 Å². The van der Waals surface area contributed by atoms with E-state index < -0.39 is 0 Å². The Kier molecular flexibility index (Phi) is 17.2. The van der Waals surface area contributed by atoms with Gasteiger partial charge in [0.15, 0.2) is 0 Å². The predicted molar refractivity (Wildman–Crippen MR) is 117 cm³/mol. The summed E-state index contributed by atoms with van der Waals surface area (Å²) in [6.07, 6.45) is 7.02. The van der Waals surface area contributed by atoms with E-state index in [9.17, 15) is 0 Å². The summed E-state index contributed by atoms with van der Waals surface area (Å²) in [5.41, 5.74) is 5.66. The van der Waals surface area contributed by atoms with Crippen molar-refractivity contribution < 1.29 is 17.4 Å². The Morgan fingerprint density at radius 3 is 2.00 bits per heavy atom. The second-order valence-corrected chi connectivity index (χ2v) is 8.53. The molecule has 2 aliphatic rings. The van der Waals surface area contributed by atoms with Crippen LogP contribution in [0.3, 0.4) is 0 Å². The quantitative estimate of drug-likeness (QED) is 0.569. The van der Waals surface area contributed by atoms with Crippen molar-refractivity contribution >= 4 is 20.2 Å². The molecule has 3 atom stereocenters. The fourth-order valence-electron chi connectivity index (χ4n) is 3.34. The first-order valence-corrected chi connectivity index (χ1v) is 12.9. The molecule has 2 fully saturated rings. The Morgan fingerprint density at radius 2 is 1.38 bits per heavy atom. The minimum absolute atomic E-state index is 0. The van der Waals surface area contributed by atoms with Crippen LogP contribution in [-0.2, 0) is 13.1 Å². The molecule has 1 aliphatic carbocycles. The third-order valence-corrected chi connectivity index (χ3v) is 4.67.